The fourth-order valence-corrected chi connectivity index (χ4v) is 2.07. The van der Waals surface area contributed by atoms with Crippen LogP contribution in [0.5, 0.6) is 0 Å². The van der Waals surface area contributed by atoms with Crippen LogP contribution >= 0.6 is 11.6 Å². The minimum atomic E-state index is -0.539. The lowest BCUT2D eigenvalue weighted by Crippen LogP contribution is -2.22. The number of aliphatic hydroxyl groups excluding tert-OH is 1. The number of nitrogens with one attached hydrogen (secondary N) is 1. The molecule has 1 aromatic rings. The first-order valence-corrected chi connectivity index (χ1v) is 5.08. The Hall–Kier alpha value is -0.800. The molecule has 0 amide bonds. The van der Waals surface area contributed by atoms with Gasteiger partial charge in [-0.05, 0) is 26.2 Å². The number of H-pyrrole nitrogens is 1. The molecule has 1 heterocycles. The van der Waals surface area contributed by atoms with Crippen LogP contribution in [-0.4, -0.2) is 10.1 Å². The third-order valence-corrected chi connectivity index (χ3v) is 3.14. The molecule has 1 aromatic heterocycles. The molecule has 1 atom stereocenters. The summed E-state index contributed by atoms with van der Waals surface area (Å²) in [5.74, 6) is 0. The average Bonchev–Trinajstić information content (AvgIpc) is 2.17. The molecule has 14 heavy (non-hydrogen) atoms. The lowest BCUT2D eigenvalue weighted by molar-refractivity contribution is 0.151. The van der Waals surface area contributed by atoms with Crippen LogP contribution in [0.4, 0.5) is 0 Å². The minimum Gasteiger partial charge on any atom is -0.387 e. The molecular formula is C10H12ClNO2. The molecule has 0 aromatic carbocycles. The number of hydrogen-bond donors (Lipinski definition) is 2. The van der Waals surface area contributed by atoms with Crippen molar-refractivity contribution in [2.45, 2.75) is 32.3 Å². The van der Waals surface area contributed by atoms with E-state index in [0.717, 1.165) is 6.42 Å². The van der Waals surface area contributed by atoms with E-state index in [-0.39, 0.29) is 10.5 Å². The molecule has 1 unspecified atom stereocenters. The zero-order valence-electron chi connectivity index (χ0n) is 7.93. The number of halogens is 1. The van der Waals surface area contributed by atoms with Crippen molar-refractivity contribution in [3.8, 4) is 0 Å². The van der Waals surface area contributed by atoms with Gasteiger partial charge in [0.05, 0.1) is 11.8 Å². The fraction of sp³-hybridized carbons (Fsp3) is 0.500. The molecule has 0 radical (unpaired) electrons. The van der Waals surface area contributed by atoms with E-state index in [1.165, 1.54) is 0 Å². The largest absolute Gasteiger partial charge is 0.387 e. The van der Waals surface area contributed by atoms with Gasteiger partial charge in [-0.2, -0.15) is 0 Å². The van der Waals surface area contributed by atoms with Crippen molar-refractivity contribution in [1.29, 1.82) is 0 Å². The molecular weight excluding hydrogens is 202 g/mol. The molecule has 76 valence electrons. The SMILES string of the molecule is Cc1[nH]c2c(c(=O)c1Cl)CCCC2O. The molecule has 2 rings (SSSR count). The Bertz CT molecular complexity index is 425. The van der Waals surface area contributed by atoms with E-state index in [9.17, 15) is 9.90 Å². The lowest BCUT2D eigenvalue weighted by atomic mass is 9.93. The van der Waals surface area contributed by atoms with Gasteiger partial charge in [-0.1, -0.05) is 11.6 Å². The van der Waals surface area contributed by atoms with Gasteiger partial charge in [-0.3, -0.25) is 4.79 Å². The summed E-state index contributed by atoms with van der Waals surface area (Å²) in [5.41, 5.74) is 1.82. The van der Waals surface area contributed by atoms with Gasteiger partial charge < -0.3 is 10.1 Å². The molecule has 1 aliphatic rings. The monoisotopic (exact) mass is 213 g/mol. The predicted molar refractivity (Wildman–Crippen MR) is 54.7 cm³/mol. The minimum absolute atomic E-state index is 0.128. The van der Waals surface area contributed by atoms with Gasteiger partial charge in [-0.25, -0.2) is 0 Å². The summed E-state index contributed by atoms with van der Waals surface area (Å²) in [4.78, 5) is 14.7. The zero-order valence-corrected chi connectivity index (χ0v) is 8.69. The number of rotatable bonds is 0. The number of hydrogen-bond acceptors (Lipinski definition) is 2. The van der Waals surface area contributed by atoms with Crippen LogP contribution in [-0.2, 0) is 6.42 Å². The predicted octanol–water partition coefficient (Wildman–Crippen LogP) is 1.71. The molecule has 0 fully saturated rings. The Balaban J connectivity index is 2.70. The molecule has 0 saturated heterocycles. The van der Waals surface area contributed by atoms with Crippen molar-refractivity contribution in [2.75, 3.05) is 0 Å². The Morgan fingerprint density at radius 3 is 3.00 bits per heavy atom. The summed E-state index contributed by atoms with van der Waals surface area (Å²) in [6.45, 7) is 1.74. The van der Waals surface area contributed by atoms with Crippen LogP contribution < -0.4 is 5.43 Å². The van der Waals surface area contributed by atoms with Crippen molar-refractivity contribution in [3.05, 3.63) is 32.2 Å². The standard InChI is InChI=1S/C10H12ClNO2/c1-5-8(11)10(14)6-3-2-4-7(13)9(6)12-5/h7,13H,2-4H2,1H3,(H,12,14). The first kappa shape index (κ1) is 9.74. The van der Waals surface area contributed by atoms with Gasteiger partial charge >= 0.3 is 0 Å². The maximum atomic E-state index is 11.7. The summed E-state index contributed by atoms with van der Waals surface area (Å²) in [7, 11) is 0. The van der Waals surface area contributed by atoms with Crippen molar-refractivity contribution < 1.29 is 5.11 Å². The van der Waals surface area contributed by atoms with Gasteiger partial charge in [0.1, 0.15) is 5.02 Å². The number of aromatic nitrogens is 1. The highest BCUT2D eigenvalue weighted by atomic mass is 35.5. The highest BCUT2D eigenvalue weighted by Crippen LogP contribution is 2.27. The summed E-state index contributed by atoms with van der Waals surface area (Å²) < 4.78 is 0. The van der Waals surface area contributed by atoms with Crippen LogP contribution in [0.1, 0.15) is 35.9 Å². The number of aryl methyl sites for hydroxylation is 1. The fourth-order valence-electron chi connectivity index (χ4n) is 1.91. The van der Waals surface area contributed by atoms with Crippen molar-refractivity contribution in [3.63, 3.8) is 0 Å². The average molecular weight is 214 g/mol. The van der Waals surface area contributed by atoms with Crippen molar-refractivity contribution >= 4 is 11.6 Å². The second kappa shape index (κ2) is 3.41. The van der Waals surface area contributed by atoms with Gasteiger partial charge in [0.15, 0.2) is 0 Å². The normalized spacial score (nSPS) is 20.6. The van der Waals surface area contributed by atoms with Crippen LogP contribution in [0, 0.1) is 6.92 Å². The van der Waals surface area contributed by atoms with E-state index in [4.69, 9.17) is 11.6 Å². The molecule has 0 bridgehead atoms. The second-order valence-corrected chi connectivity index (χ2v) is 4.07. The van der Waals surface area contributed by atoms with Crippen LogP contribution in [0.25, 0.3) is 0 Å². The Labute approximate surface area is 86.7 Å². The molecule has 4 heteroatoms. The van der Waals surface area contributed by atoms with E-state index in [1.807, 2.05) is 0 Å². The summed E-state index contributed by atoms with van der Waals surface area (Å²) in [5, 5.41) is 9.94. The first-order chi connectivity index (χ1) is 6.61. The van der Waals surface area contributed by atoms with Crippen LogP contribution in [0.15, 0.2) is 4.79 Å². The summed E-state index contributed by atoms with van der Waals surface area (Å²) in [6, 6.07) is 0. The number of aliphatic hydroxyl groups is 1. The Morgan fingerprint density at radius 1 is 1.57 bits per heavy atom. The van der Waals surface area contributed by atoms with Crippen molar-refractivity contribution in [2.24, 2.45) is 0 Å². The summed E-state index contributed by atoms with van der Waals surface area (Å²) >= 11 is 5.84. The second-order valence-electron chi connectivity index (χ2n) is 3.69. The van der Waals surface area contributed by atoms with Crippen molar-refractivity contribution in [1.82, 2.24) is 4.98 Å². The van der Waals surface area contributed by atoms with E-state index < -0.39 is 6.10 Å². The smallest absolute Gasteiger partial charge is 0.203 e. The topological polar surface area (TPSA) is 53.1 Å². The number of pyridine rings is 1. The lowest BCUT2D eigenvalue weighted by Gasteiger charge is -2.21. The molecule has 0 spiro atoms. The third-order valence-electron chi connectivity index (χ3n) is 2.69. The Kier molecular flexibility index (Phi) is 2.37. The molecule has 0 aliphatic heterocycles. The maximum absolute atomic E-state index is 11.7. The van der Waals surface area contributed by atoms with Gasteiger partial charge in [0.25, 0.3) is 0 Å². The number of fused-ring (bicyclic) bond motifs is 1. The third kappa shape index (κ3) is 1.37. The van der Waals surface area contributed by atoms with E-state index in [2.05, 4.69) is 4.98 Å². The molecule has 3 nitrogen and oxygen atoms in total. The molecule has 0 saturated carbocycles. The van der Waals surface area contributed by atoms with E-state index in [1.54, 1.807) is 6.92 Å². The van der Waals surface area contributed by atoms with Gasteiger partial charge in [-0.15, -0.1) is 0 Å². The zero-order chi connectivity index (χ0) is 10.3. The molecule has 2 N–H and O–H groups in total. The maximum Gasteiger partial charge on any atom is 0.203 e. The van der Waals surface area contributed by atoms with E-state index in [0.29, 0.717) is 29.8 Å². The molecule has 1 aliphatic carbocycles. The first-order valence-electron chi connectivity index (χ1n) is 4.70. The number of aromatic amines is 1. The highest BCUT2D eigenvalue weighted by Gasteiger charge is 2.22. The Morgan fingerprint density at radius 2 is 2.29 bits per heavy atom. The van der Waals surface area contributed by atoms with E-state index >= 15 is 0 Å². The van der Waals surface area contributed by atoms with Crippen LogP contribution in [0.2, 0.25) is 5.02 Å². The summed E-state index contributed by atoms with van der Waals surface area (Å²) in [6.07, 6.45) is 1.73. The van der Waals surface area contributed by atoms with Gasteiger partial charge in [0, 0.05) is 11.3 Å². The highest BCUT2D eigenvalue weighted by molar-refractivity contribution is 6.31. The van der Waals surface area contributed by atoms with Gasteiger partial charge in [0.2, 0.25) is 5.43 Å². The van der Waals surface area contributed by atoms with Crippen LogP contribution in [0.3, 0.4) is 0 Å². The quantitative estimate of drug-likeness (QED) is 0.690.